The van der Waals surface area contributed by atoms with Crippen LogP contribution in [0.4, 0.5) is 4.39 Å². The Morgan fingerprint density at radius 3 is 2.93 bits per heavy atom. The van der Waals surface area contributed by atoms with Crippen molar-refractivity contribution in [1.29, 1.82) is 0 Å². The highest BCUT2D eigenvalue weighted by molar-refractivity contribution is 9.10. The molecule has 0 saturated heterocycles. The van der Waals surface area contributed by atoms with Crippen LogP contribution in [-0.4, -0.2) is 9.97 Å². The van der Waals surface area contributed by atoms with Crippen molar-refractivity contribution in [3.8, 4) is 0 Å². The fourth-order valence-electron chi connectivity index (χ4n) is 1.18. The first-order chi connectivity index (χ1) is 7.24. The molecule has 0 aliphatic carbocycles. The number of aromatic amines is 1. The van der Waals surface area contributed by atoms with Crippen molar-refractivity contribution in [1.82, 2.24) is 9.97 Å². The minimum Gasteiger partial charge on any atom is -0.340 e. The van der Waals surface area contributed by atoms with Crippen LogP contribution in [0, 0.1) is 5.82 Å². The van der Waals surface area contributed by atoms with Gasteiger partial charge < -0.3 is 4.98 Å². The van der Waals surface area contributed by atoms with Gasteiger partial charge in [-0.3, -0.25) is 0 Å². The fraction of sp³-hybridized carbons (Fsp3) is 0.100. The van der Waals surface area contributed by atoms with Gasteiger partial charge in [0.15, 0.2) is 5.16 Å². The Morgan fingerprint density at radius 1 is 1.40 bits per heavy atom. The molecule has 1 aromatic carbocycles. The van der Waals surface area contributed by atoms with Crippen LogP contribution in [0.15, 0.2) is 40.2 Å². The lowest BCUT2D eigenvalue weighted by Gasteiger charge is -2.00. The molecule has 1 heterocycles. The number of hydrogen-bond acceptors (Lipinski definition) is 2. The van der Waals surface area contributed by atoms with Crippen LogP contribution >= 0.6 is 27.7 Å². The maximum absolute atomic E-state index is 13.0. The van der Waals surface area contributed by atoms with Crippen molar-refractivity contribution in [3.05, 3.63) is 46.4 Å². The number of imidazole rings is 1. The van der Waals surface area contributed by atoms with E-state index in [1.807, 2.05) is 6.07 Å². The predicted molar refractivity (Wildman–Crippen MR) is 62.2 cm³/mol. The number of rotatable bonds is 3. The third kappa shape index (κ3) is 3.07. The predicted octanol–water partition coefficient (Wildman–Crippen LogP) is 3.60. The molecule has 0 fully saturated rings. The third-order valence-electron chi connectivity index (χ3n) is 1.77. The van der Waals surface area contributed by atoms with E-state index in [-0.39, 0.29) is 5.82 Å². The summed E-state index contributed by atoms with van der Waals surface area (Å²) in [6.07, 6.45) is 3.47. The maximum atomic E-state index is 13.0. The molecule has 78 valence electrons. The smallest absolute Gasteiger partial charge is 0.165 e. The Balaban J connectivity index is 2.05. The van der Waals surface area contributed by atoms with Gasteiger partial charge in [0.05, 0.1) is 0 Å². The Bertz CT molecular complexity index is 424. The number of aromatic nitrogens is 2. The van der Waals surface area contributed by atoms with Crippen LogP contribution in [0.2, 0.25) is 0 Å². The van der Waals surface area contributed by atoms with Crippen molar-refractivity contribution < 1.29 is 4.39 Å². The highest BCUT2D eigenvalue weighted by Crippen LogP contribution is 2.22. The van der Waals surface area contributed by atoms with Crippen LogP contribution in [0.1, 0.15) is 5.56 Å². The SMILES string of the molecule is Fc1cc(Br)cc(CSc2ncc[nH]2)c1. The van der Waals surface area contributed by atoms with Crippen LogP contribution in [0.3, 0.4) is 0 Å². The molecule has 0 atom stereocenters. The molecule has 0 aliphatic heterocycles. The summed E-state index contributed by atoms with van der Waals surface area (Å²) in [5.41, 5.74) is 0.934. The van der Waals surface area contributed by atoms with Gasteiger partial charge in [0, 0.05) is 22.6 Å². The van der Waals surface area contributed by atoms with Gasteiger partial charge in [-0.25, -0.2) is 9.37 Å². The van der Waals surface area contributed by atoms with E-state index in [0.717, 1.165) is 15.2 Å². The molecular weight excluding hydrogens is 279 g/mol. The Kier molecular flexibility index (Phi) is 3.43. The lowest BCUT2D eigenvalue weighted by molar-refractivity contribution is 0.625. The second kappa shape index (κ2) is 4.81. The van der Waals surface area contributed by atoms with E-state index in [1.54, 1.807) is 24.2 Å². The van der Waals surface area contributed by atoms with E-state index < -0.39 is 0 Å². The van der Waals surface area contributed by atoms with Crippen LogP contribution in [0.25, 0.3) is 0 Å². The Hall–Kier alpha value is -0.810. The second-order valence-electron chi connectivity index (χ2n) is 2.96. The van der Waals surface area contributed by atoms with Gasteiger partial charge >= 0.3 is 0 Å². The van der Waals surface area contributed by atoms with Gasteiger partial charge in [-0.15, -0.1) is 0 Å². The molecule has 2 aromatic rings. The average molecular weight is 287 g/mol. The van der Waals surface area contributed by atoms with Crippen molar-refractivity contribution in [3.63, 3.8) is 0 Å². The van der Waals surface area contributed by atoms with Gasteiger partial charge in [0.25, 0.3) is 0 Å². The van der Waals surface area contributed by atoms with Crippen LogP contribution < -0.4 is 0 Å². The summed E-state index contributed by atoms with van der Waals surface area (Å²) < 4.78 is 13.8. The zero-order chi connectivity index (χ0) is 10.7. The lowest BCUT2D eigenvalue weighted by atomic mass is 10.2. The molecule has 0 aliphatic rings. The highest BCUT2D eigenvalue weighted by Gasteiger charge is 2.01. The Labute approximate surface area is 99.4 Å². The molecule has 2 nitrogen and oxygen atoms in total. The molecule has 5 heteroatoms. The van der Waals surface area contributed by atoms with E-state index in [9.17, 15) is 4.39 Å². The maximum Gasteiger partial charge on any atom is 0.165 e. The highest BCUT2D eigenvalue weighted by atomic mass is 79.9. The molecule has 0 saturated carbocycles. The summed E-state index contributed by atoms with van der Waals surface area (Å²) in [5.74, 6) is 0.476. The summed E-state index contributed by atoms with van der Waals surface area (Å²) in [4.78, 5) is 7.06. The number of hydrogen-bond donors (Lipinski definition) is 1. The standard InChI is InChI=1S/C10H8BrFN2S/c11-8-3-7(4-9(12)5-8)6-15-10-13-1-2-14-10/h1-5H,6H2,(H,13,14). The van der Waals surface area contributed by atoms with Crippen LogP contribution in [0.5, 0.6) is 0 Å². The molecule has 2 rings (SSSR count). The number of H-pyrrole nitrogens is 1. The fourth-order valence-corrected chi connectivity index (χ4v) is 2.45. The van der Waals surface area contributed by atoms with Gasteiger partial charge in [-0.1, -0.05) is 27.7 Å². The summed E-state index contributed by atoms with van der Waals surface area (Å²) in [7, 11) is 0. The summed E-state index contributed by atoms with van der Waals surface area (Å²) in [5, 5.41) is 0.843. The second-order valence-corrected chi connectivity index (χ2v) is 4.84. The third-order valence-corrected chi connectivity index (χ3v) is 3.20. The van der Waals surface area contributed by atoms with Crippen molar-refractivity contribution in [2.24, 2.45) is 0 Å². The van der Waals surface area contributed by atoms with E-state index in [1.165, 1.54) is 12.1 Å². The molecule has 0 spiro atoms. The molecule has 0 bridgehead atoms. The van der Waals surface area contributed by atoms with Crippen LogP contribution in [-0.2, 0) is 5.75 Å². The van der Waals surface area contributed by atoms with Crippen molar-refractivity contribution >= 4 is 27.7 Å². The molecule has 0 amide bonds. The number of halogens is 2. The van der Waals surface area contributed by atoms with E-state index in [4.69, 9.17) is 0 Å². The molecular formula is C10H8BrFN2S. The monoisotopic (exact) mass is 286 g/mol. The first-order valence-electron chi connectivity index (χ1n) is 4.31. The topological polar surface area (TPSA) is 28.7 Å². The van der Waals surface area contributed by atoms with E-state index >= 15 is 0 Å². The summed E-state index contributed by atoms with van der Waals surface area (Å²) in [6, 6.07) is 4.88. The van der Waals surface area contributed by atoms with E-state index in [0.29, 0.717) is 5.75 Å². The number of nitrogens with zero attached hydrogens (tertiary/aromatic N) is 1. The van der Waals surface area contributed by atoms with Crippen molar-refractivity contribution in [2.75, 3.05) is 0 Å². The minimum absolute atomic E-state index is 0.223. The van der Waals surface area contributed by atoms with Gasteiger partial charge in [0.1, 0.15) is 5.82 Å². The summed E-state index contributed by atoms with van der Waals surface area (Å²) >= 11 is 4.80. The summed E-state index contributed by atoms with van der Waals surface area (Å²) in [6.45, 7) is 0. The molecule has 15 heavy (non-hydrogen) atoms. The average Bonchev–Trinajstić information content (AvgIpc) is 2.65. The largest absolute Gasteiger partial charge is 0.340 e. The number of thioether (sulfide) groups is 1. The Morgan fingerprint density at radius 2 is 2.27 bits per heavy atom. The molecule has 0 unspecified atom stereocenters. The van der Waals surface area contributed by atoms with E-state index in [2.05, 4.69) is 25.9 Å². The van der Waals surface area contributed by atoms with Gasteiger partial charge in [-0.05, 0) is 23.8 Å². The first kappa shape index (κ1) is 10.7. The zero-order valence-corrected chi connectivity index (χ0v) is 10.1. The number of nitrogens with one attached hydrogen (secondary N) is 1. The van der Waals surface area contributed by atoms with Gasteiger partial charge in [-0.2, -0.15) is 0 Å². The van der Waals surface area contributed by atoms with Crippen molar-refractivity contribution in [2.45, 2.75) is 10.9 Å². The zero-order valence-electron chi connectivity index (χ0n) is 7.71. The normalized spacial score (nSPS) is 10.5. The lowest BCUT2D eigenvalue weighted by Crippen LogP contribution is -1.84. The molecule has 0 radical (unpaired) electrons. The molecule has 1 N–H and O–H groups in total. The van der Waals surface area contributed by atoms with Gasteiger partial charge in [0.2, 0.25) is 0 Å². The minimum atomic E-state index is -0.223. The quantitative estimate of drug-likeness (QED) is 0.874. The first-order valence-corrected chi connectivity index (χ1v) is 6.09. The molecule has 1 aromatic heterocycles. The number of benzene rings is 1.